The average Bonchev–Trinajstić information content (AvgIpc) is 2.71. The lowest BCUT2D eigenvalue weighted by Gasteiger charge is -2.17. The fourth-order valence-electron chi connectivity index (χ4n) is 2.31. The van der Waals surface area contributed by atoms with Gasteiger partial charge in [-0.05, 0) is 24.8 Å². The van der Waals surface area contributed by atoms with Gasteiger partial charge in [-0.3, -0.25) is 14.4 Å². The largest absolute Gasteiger partial charge is 0.467 e. The van der Waals surface area contributed by atoms with Gasteiger partial charge in [0.2, 0.25) is 12.8 Å². The highest BCUT2D eigenvalue weighted by atomic mass is 79.9. The van der Waals surface area contributed by atoms with E-state index in [-0.39, 0.29) is 0 Å². The topological polar surface area (TPSA) is 84.9 Å². The predicted octanol–water partition coefficient (Wildman–Crippen LogP) is 2.36. The number of benzene rings is 1. The smallest absolute Gasteiger partial charge is 0.332 e. The van der Waals surface area contributed by atoms with E-state index in [1.807, 2.05) is 30.3 Å². The summed E-state index contributed by atoms with van der Waals surface area (Å²) in [4.78, 5) is 38.9. The summed E-state index contributed by atoms with van der Waals surface area (Å²) in [6.07, 6.45) is 5.07. The van der Waals surface area contributed by atoms with Crippen LogP contribution in [0.1, 0.15) is 24.8 Å². The molecule has 2 amide bonds. The first-order valence-electron chi connectivity index (χ1n) is 8.56. The van der Waals surface area contributed by atoms with Crippen molar-refractivity contribution in [1.82, 2.24) is 10.4 Å². The lowest BCUT2D eigenvalue weighted by molar-refractivity contribution is -0.177. The van der Waals surface area contributed by atoms with E-state index in [4.69, 9.17) is 4.84 Å². The summed E-state index contributed by atoms with van der Waals surface area (Å²) < 4.78 is 4.66. The van der Waals surface area contributed by atoms with Gasteiger partial charge in [-0.25, -0.2) is 9.86 Å². The molecule has 7 nitrogen and oxygen atoms in total. The summed E-state index contributed by atoms with van der Waals surface area (Å²) in [5.41, 5.74) is 1.95. The first-order valence-corrected chi connectivity index (χ1v) is 9.68. The Morgan fingerprint density at radius 2 is 2.00 bits per heavy atom. The summed E-state index contributed by atoms with van der Waals surface area (Å²) in [7, 11) is 1.27. The van der Waals surface area contributed by atoms with Crippen LogP contribution in [0.4, 0.5) is 0 Å². The maximum Gasteiger partial charge on any atom is 0.332 e. The van der Waals surface area contributed by atoms with Crippen LogP contribution in [0, 0.1) is 0 Å². The van der Waals surface area contributed by atoms with Crippen LogP contribution in [0.15, 0.2) is 42.0 Å². The monoisotopic (exact) mass is 440 g/mol. The van der Waals surface area contributed by atoms with Crippen LogP contribution in [0.25, 0.3) is 0 Å². The third-order valence-corrected chi connectivity index (χ3v) is 4.48. The van der Waals surface area contributed by atoms with Gasteiger partial charge >= 0.3 is 5.97 Å². The Balaban J connectivity index is 2.41. The van der Waals surface area contributed by atoms with E-state index in [9.17, 15) is 14.4 Å². The third kappa shape index (κ3) is 9.35. The lowest BCUT2D eigenvalue weighted by Crippen LogP contribution is -2.35. The predicted molar refractivity (Wildman–Crippen MR) is 105 cm³/mol. The van der Waals surface area contributed by atoms with Crippen LogP contribution >= 0.6 is 15.9 Å². The molecular weight excluding hydrogens is 416 g/mol. The van der Waals surface area contributed by atoms with E-state index in [0.717, 1.165) is 24.0 Å². The zero-order valence-corrected chi connectivity index (χ0v) is 16.9. The quantitative estimate of drug-likeness (QED) is 0.120. The molecule has 0 saturated carbocycles. The molecular formula is C19H25BrN2O5. The molecule has 1 atom stereocenters. The Hall–Kier alpha value is -2.19. The van der Waals surface area contributed by atoms with Crippen LogP contribution < -0.4 is 5.32 Å². The van der Waals surface area contributed by atoms with Gasteiger partial charge in [0.1, 0.15) is 12.6 Å². The van der Waals surface area contributed by atoms with Gasteiger partial charge in [-0.1, -0.05) is 57.9 Å². The molecule has 148 valence electrons. The number of esters is 1. The van der Waals surface area contributed by atoms with Crippen LogP contribution in [0.5, 0.6) is 0 Å². The van der Waals surface area contributed by atoms with Gasteiger partial charge in [0.25, 0.3) is 0 Å². The summed E-state index contributed by atoms with van der Waals surface area (Å²) in [6.45, 7) is 0.809. The second kappa shape index (κ2) is 13.9. The minimum Gasteiger partial charge on any atom is -0.467 e. The van der Waals surface area contributed by atoms with E-state index in [2.05, 4.69) is 26.0 Å². The first kappa shape index (κ1) is 22.9. The Kier molecular flexibility index (Phi) is 11.8. The van der Waals surface area contributed by atoms with Gasteiger partial charge in [0.05, 0.1) is 7.11 Å². The molecule has 0 bridgehead atoms. The van der Waals surface area contributed by atoms with E-state index < -0.39 is 12.0 Å². The molecule has 0 spiro atoms. The molecule has 27 heavy (non-hydrogen) atoms. The summed E-state index contributed by atoms with van der Waals surface area (Å²) >= 11 is 3.38. The SMILES string of the molecule is COC(=O)C(C=C(CBr)CCCCN(C=O)OCc1ccccc1)NC=O. The highest BCUT2D eigenvalue weighted by molar-refractivity contribution is 9.09. The molecule has 1 aromatic carbocycles. The number of rotatable bonds is 14. The molecule has 0 saturated heterocycles. The maximum atomic E-state index is 11.6. The van der Waals surface area contributed by atoms with Crippen LogP contribution in [0.2, 0.25) is 0 Å². The van der Waals surface area contributed by atoms with Crippen molar-refractivity contribution in [2.75, 3.05) is 19.0 Å². The second-order valence-corrected chi connectivity index (χ2v) is 6.27. The molecule has 0 heterocycles. The van der Waals surface area contributed by atoms with Gasteiger partial charge < -0.3 is 10.1 Å². The molecule has 1 aromatic rings. The molecule has 0 fully saturated rings. The summed E-state index contributed by atoms with van der Waals surface area (Å²) in [5.74, 6) is -0.526. The second-order valence-electron chi connectivity index (χ2n) is 5.71. The molecule has 8 heteroatoms. The standard InChI is InChI=1S/C19H25BrN2O5/c1-26-19(25)18(21-14-23)11-17(12-20)9-5-6-10-22(15-24)27-13-16-7-3-2-4-8-16/h2-4,7-8,11,14-15,18H,5-6,9-10,12-13H2,1H3,(H,21,23). The zero-order valence-electron chi connectivity index (χ0n) is 15.3. The van der Waals surface area contributed by atoms with E-state index >= 15 is 0 Å². The average molecular weight is 441 g/mol. The van der Waals surface area contributed by atoms with Crippen molar-refractivity contribution in [2.24, 2.45) is 0 Å². The van der Waals surface area contributed by atoms with E-state index in [1.165, 1.54) is 12.2 Å². The van der Waals surface area contributed by atoms with Gasteiger partial charge in [0.15, 0.2) is 0 Å². The molecule has 0 aromatic heterocycles. The fraction of sp³-hybridized carbons (Fsp3) is 0.421. The zero-order chi connectivity index (χ0) is 19.9. The van der Waals surface area contributed by atoms with Crippen molar-refractivity contribution in [3.63, 3.8) is 0 Å². The highest BCUT2D eigenvalue weighted by Gasteiger charge is 2.16. The fourth-order valence-corrected chi connectivity index (χ4v) is 2.78. The molecule has 0 aliphatic rings. The molecule has 0 radical (unpaired) electrons. The van der Waals surface area contributed by atoms with Crippen molar-refractivity contribution in [3.8, 4) is 0 Å². The minimum absolute atomic E-state index is 0.338. The number of allylic oxidation sites excluding steroid dienone is 1. The highest BCUT2D eigenvalue weighted by Crippen LogP contribution is 2.13. The van der Waals surface area contributed by atoms with Gasteiger partial charge in [-0.2, -0.15) is 0 Å². The number of ether oxygens (including phenoxy) is 1. The van der Waals surface area contributed by atoms with Crippen molar-refractivity contribution in [1.29, 1.82) is 0 Å². The Morgan fingerprint density at radius 1 is 1.26 bits per heavy atom. The number of carbonyl (C=O) groups excluding carboxylic acids is 3. The molecule has 0 aliphatic carbocycles. The first-order chi connectivity index (χ1) is 13.1. The number of halogens is 1. The third-order valence-electron chi connectivity index (χ3n) is 3.76. The number of alkyl halides is 1. The number of nitrogens with zero attached hydrogens (tertiary/aromatic N) is 1. The van der Waals surface area contributed by atoms with E-state index in [1.54, 1.807) is 6.08 Å². The minimum atomic E-state index is -0.805. The van der Waals surface area contributed by atoms with E-state index in [0.29, 0.717) is 37.7 Å². The number of amides is 2. The number of carbonyl (C=O) groups is 3. The van der Waals surface area contributed by atoms with Crippen LogP contribution in [-0.2, 0) is 30.6 Å². The maximum absolute atomic E-state index is 11.6. The number of methoxy groups -OCH3 is 1. The number of unbranched alkanes of at least 4 members (excludes halogenated alkanes) is 1. The summed E-state index contributed by atoms with van der Waals surface area (Å²) in [6, 6.07) is 8.81. The number of nitrogens with one attached hydrogen (secondary N) is 1. The van der Waals surface area contributed by atoms with Crippen LogP contribution in [0.3, 0.4) is 0 Å². The van der Waals surface area contributed by atoms with Crippen molar-refractivity contribution >= 4 is 34.7 Å². The number of hydroxylamine groups is 2. The van der Waals surface area contributed by atoms with Crippen molar-refractivity contribution in [2.45, 2.75) is 31.9 Å². The molecule has 1 rings (SSSR count). The number of hydrogen-bond donors (Lipinski definition) is 1. The lowest BCUT2D eigenvalue weighted by atomic mass is 10.1. The number of hydrogen-bond acceptors (Lipinski definition) is 5. The van der Waals surface area contributed by atoms with Gasteiger partial charge in [0, 0.05) is 11.9 Å². The molecule has 1 N–H and O–H groups in total. The Morgan fingerprint density at radius 3 is 2.59 bits per heavy atom. The Labute approximate surface area is 167 Å². The summed E-state index contributed by atoms with van der Waals surface area (Å²) in [5, 5.41) is 4.28. The normalized spacial score (nSPS) is 12.1. The van der Waals surface area contributed by atoms with Crippen molar-refractivity contribution < 1.29 is 24.0 Å². The van der Waals surface area contributed by atoms with Gasteiger partial charge in [-0.15, -0.1) is 0 Å². The van der Waals surface area contributed by atoms with Crippen molar-refractivity contribution in [3.05, 3.63) is 47.5 Å². The van der Waals surface area contributed by atoms with Crippen LogP contribution in [-0.4, -0.2) is 48.9 Å². The Bertz CT molecular complexity index is 609. The molecule has 1 unspecified atom stereocenters. The molecule has 0 aliphatic heterocycles.